The summed E-state index contributed by atoms with van der Waals surface area (Å²) >= 11 is 0. The molecule has 4 N–H and O–H groups in total. The predicted molar refractivity (Wildman–Crippen MR) is 142 cm³/mol. The molecule has 2 aromatic heterocycles. The van der Waals surface area contributed by atoms with E-state index >= 15 is 0 Å². The normalized spacial score (nSPS) is 14.8. The summed E-state index contributed by atoms with van der Waals surface area (Å²) in [5.74, 6) is -1.32. The zero-order valence-corrected chi connectivity index (χ0v) is 21.8. The molecule has 1 aliphatic rings. The molecular formula is C29H27F3N6O3. The first-order valence-electron chi connectivity index (χ1n) is 12.8. The molecule has 0 fully saturated rings. The number of alkyl halides is 3. The summed E-state index contributed by atoms with van der Waals surface area (Å²) in [6.45, 7) is 1.22. The van der Waals surface area contributed by atoms with Crippen molar-refractivity contribution in [1.29, 1.82) is 0 Å². The van der Waals surface area contributed by atoms with Gasteiger partial charge in [0.15, 0.2) is 11.9 Å². The number of pyridine rings is 1. The second-order valence-electron chi connectivity index (χ2n) is 9.87. The van der Waals surface area contributed by atoms with Crippen molar-refractivity contribution in [3.63, 3.8) is 0 Å². The Morgan fingerprint density at radius 2 is 1.78 bits per heavy atom. The van der Waals surface area contributed by atoms with Gasteiger partial charge in [0, 0.05) is 32.0 Å². The molecule has 0 saturated carbocycles. The number of aliphatic hydroxyl groups excluding tert-OH is 1. The van der Waals surface area contributed by atoms with E-state index < -0.39 is 35.7 Å². The lowest BCUT2D eigenvalue weighted by Crippen LogP contribution is -2.50. The van der Waals surface area contributed by atoms with Gasteiger partial charge in [-0.1, -0.05) is 36.4 Å². The second-order valence-corrected chi connectivity index (χ2v) is 9.87. The molecule has 0 spiro atoms. The average Bonchev–Trinajstić information content (AvgIpc) is 3.58. The van der Waals surface area contributed by atoms with E-state index in [1.54, 1.807) is 36.5 Å². The molecular weight excluding hydrogens is 537 g/mol. The highest BCUT2D eigenvalue weighted by Crippen LogP contribution is 2.33. The Morgan fingerprint density at radius 1 is 1.02 bits per heavy atom. The quantitative estimate of drug-likeness (QED) is 0.287. The number of carbonyl (C=O) groups excluding carboxylic acids is 2. The number of rotatable bonds is 9. The zero-order chi connectivity index (χ0) is 29.1. The number of aliphatic hydroxyl groups is 1. The molecule has 0 saturated heterocycles. The molecule has 12 heteroatoms. The van der Waals surface area contributed by atoms with Gasteiger partial charge in [-0.3, -0.25) is 14.5 Å². The standard InChI is InChI=1S/C29H27F3N6O3/c30-29(31,32)21-9-8-19-15-37(16-20(19)14-21)17-22-10-12-38(36-22)27-23(7-4-11-34-27)28(41)35-24(25(39)26(33)40)13-18-5-2-1-3-6-18/h1-12,14,24-25,39H,13,15-17H2,(H2,33,40)(H,35,41). The minimum Gasteiger partial charge on any atom is -0.381 e. The van der Waals surface area contributed by atoms with Crippen LogP contribution in [0.5, 0.6) is 0 Å². The van der Waals surface area contributed by atoms with Gasteiger partial charge in [0.2, 0.25) is 5.91 Å². The summed E-state index contributed by atoms with van der Waals surface area (Å²) in [6, 6.07) is 16.7. The van der Waals surface area contributed by atoms with Crippen LogP contribution in [0.15, 0.2) is 79.1 Å². The number of hydrogen-bond acceptors (Lipinski definition) is 6. The first-order chi connectivity index (χ1) is 19.6. The van der Waals surface area contributed by atoms with Gasteiger partial charge >= 0.3 is 6.18 Å². The van der Waals surface area contributed by atoms with Crippen LogP contribution in [-0.4, -0.2) is 48.7 Å². The van der Waals surface area contributed by atoms with E-state index in [-0.39, 0.29) is 17.8 Å². The second kappa shape index (κ2) is 11.5. The summed E-state index contributed by atoms with van der Waals surface area (Å²) in [7, 11) is 0. The van der Waals surface area contributed by atoms with Crippen molar-refractivity contribution in [3.05, 3.63) is 113 Å². The Balaban J connectivity index is 1.30. The SMILES string of the molecule is NC(=O)C(O)C(Cc1ccccc1)NC(=O)c1cccnc1-n1ccc(CN2Cc3ccc(C(F)(F)F)cc3C2)n1. The van der Waals surface area contributed by atoms with Gasteiger partial charge in [-0.25, -0.2) is 9.67 Å². The fourth-order valence-corrected chi connectivity index (χ4v) is 4.86. The van der Waals surface area contributed by atoms with E-state index in [1.807, 2.05) is 23.1 Å². The van der Waals surface area contributed by atoms with Crippen LogP contribution < -0.4 is 11.1 Å². The third kappa shape index (κ3) is 6.44. The van der Waals surface area contributed by atoms with Crippen LogP contribution in [0.1, 0.15) is 38.3 Å². The number of halogens is 3. The average molecular weight is 565 g/mol. The van der Waals surface area contributed by atoms with Crippen LogP contribution in [-0.2, 0) is 37.0 Å². The maximum Gasteiger partial charge on any atom is 0.416 e. The number of hydrogen-bond donors (Lipinski definition) is 3. The number of nitrogens with zero attached hydrogens (tertiary/aromatic N) is 4. The molecule has 2 amide bonds. The van der Waals surface area contributed by atoms with E-state index in [1.165, 1.54) is 23.0 Å². The molecule has 0 aliphatic carbocycles. The van der Waals surface area contributed by atoms with Crippen molar-refractivity contribution < 1.29 is 27.9 Å². The lowest BCUT2D eigenvalue weighted by molar-refractivity contribution is -0.137. The summed E-state index contributed by atoms with van der Waals surface area (Å²) in [6.07, 6.45) is -2.71. The van der Waals surface area contributed by atoms with Gasteiger partial charge in [-0.05, 0) is 53.4 Å². The fraction of sp³-hybridized carbons (Fsp3) is 0.241. The van der Waals surface area contributed by atoms with Gasteiger partial charge in [-0.15, -0.1) is 0 Å². The van der Waals surface area contributed by atoms with Gasteiger partial charge in [-0.2, -0.15) is 18.3 Å². The molecule has 41 heavy (non-hydrogen) atoms. The number of carbonyl (C=O) groups is 2. The Bertz CT molecular complexity index is 1560. The molecule has 0 radical (unpaired) electrons. The van der Waals surface area contributed by atoms with Gasteiger partial charge in [0.25, 0.3) is 5.91 Å². The van der Waals surface area contributed by atoms with Crippen molar-refractivity contribution in [2.45, 2.75) is 44.4 Å². The van der Waals surface area contributed by atoms with Gasteiger partial charge in [0.05, 0.1) is 22.9 Å². The Hall–Kier alpha value is -4.55. The van der Waals surface area contributed by atoms with Gasteiger partial charge < -0.3 is 16.2 Å². The smallest absolute Gasteiger partial charge is 0.381 e. The molecule has 2 atom stereocenters. The highest BCUT2D eigenvalue weighted by molar-refractivity contribution is 5.97. The van der Waals surface area contributed by atoms with Crippen LogP contribution in [0.3, 0.4) is 0 Å². The van der Waals surface area contributed by atoms with E-state index in [9.17, 15) is 27.9 Å². The third-order valence-corrected chi connectivity index (χ3v) is 6.89. The molecule has 4 aromatic rings. The molecule has 9 nitrogen and oxygen atoms in total. The first kappa shape index (κ1) is 28.0. The van der Waals surface area contributed by atoms with Crippen molar-refractivity contribution in [3.8, 4) is 5.82 Å². The summed E-state index contributed by atoms with van der Waals surface area (Å²) in [5, 5.41) is 17.7. The van der Waals surface area contributed by atoms with Crippen LogP contribution in [0, 0.1) is 0 Å². The zero-order valence-electron chi connectivity index (χ0n) is 21.8. The predicted octanol–water partition coefficient (Wildman–Crippen LogP) is 2.99. The maximum atomic E-state index is 13.3. The van der Waals surface area contributed by atoms with Gasteiger partial charge in [0.1, 0.15) is 0 Å². The van der Waals surface area contributed by atoms with Crippen molar-refractivity contribution >= 4 is 11.8 Å². The number of nitrogens with one attached hydrogen (secondary N) is 1. The molecule has 212 valence electrons. The lowest BCUT2D eigenvalue weighted by atomic mass is 10.0. The van der Waals surface area contributed by atoms with Crippen molar-refractivity contribution in [2.24, 2.45) is 5.73 Å². The molecule has 1 aliphatic heterocycles. The minimum atomic E-state index is -4.40. The molecule has 3 heterocycles. The van der Waals surface area contributed by atoms with Crippen LogP contribution in [0.2, 0.25) is 0 Å². The Labute approximate surface area is 233 Å². The van der Waals surface area contributed by atoms with Crippen molar-refractivity contribution in [2.75, 3.05) is 0 Å². The Kier molecular flexibility index (Phi) is 7.86. The van der Waals surface area contributed by atoms with E-state index in [4.69, 9.17) is 5.73 Å². The fourth-order valence-electron chi connectivity index (χ4n) is 4.86. The topological polar surface area (TPSA) is 126 Å². The number of primary amides is 1. The van der Waals surface area contributed by atoms with E-state index in [0.29, 0.717) is 30.9 Å². The highest BCUT2D eigenvalue weighted by atomic mass is 19.4. The summed E-state index contributed by atoms with van der Waals surface area (Å²) in [5.41, 5.74) is 7.71. The third-order valence-electron chi connectivity index (χ3n) is 6.89. The largest absolute Gasteiger partial charge is 0.416 e. The summed E-state index contributed by atoms with van der Waals surface area (Å²) < 4.78 is 40.7. The van der Waals surface area contributed by atoms with Crippen LogP contribution in [0.25, 0.3) is 5.82 Å². The number of nitrogens with two attached hydrogens (primary N) is 1. The van der Waals surface area contributed by atoms with E-state index in [2.05, 4.69) is 15.4 Å². The highest BCUT2D eigenvalue weighted by Gasteiger charge is 2.32. The number of aromatic nitrogens is 3. The van der Waals surface area contributed by atoms with Crippen LogP contribution in [0.4, 0.5) is 13.2 Å². The summed E-state index contributed by atoms with van der Waals surface area (Å²) in [4.78, 5) is 31.4. The number of amides is 2. The first-order valence-corrected chi connectivity index (χ1v) is 12.8. The molecule has 5 rings (SSSR count). The van der Waals surface area contributed by atoms with Crippen molar-refractivity contribution in [1.82, 2.24) is 25.0 Å². The monoisotopic (exact) mass is 564 g/mol. The Morgan fingerprint density at radius 3 is 2.51 bits per heavy atom. The lowest BCUT2D eigenvalue weighted by Gasteiger charge is -2.22. The van der Waals surface area contributed by atoms with E-state index in [0.717, 1.165) is 17.2 Å². The van der Waals surface area contributed by atoms with Crippen LogP contribution >= 0.6 is 0 Å². The number of fused-ring (bicyclic) bond motifs is 1. The molecule has 2 aromatic carbocycles. The number of benzene rings is 2. The minimum absolute atomic E-state index is 0.158. The maximum absolute atomic E-state index is 13.3. The molecule has 0 bridgehead atoms. The molecule has 2 unspecified atom stereocenters.